The molecule has 0 saturated heterocycles. The van der Waals surface area contributed by atoms with Gasteiger partial charge in [0.05, 0.1) is 18.5 Å². The molecule has 64 valence electrons. The van der Waals surface area contributed by atoms with E-state index in [1.807, 2.05) is 12.1 Å². The molecule has 0 spiro atoms. The van der Waals surface area contributed by atoms with Gasteiger partial charge in [0.15, 0.2) is 5.75 Å². The van der Waals surface area contributed by atoms with Gasteiger partial charge < -0.3 is 15.8 Å². The first-order chi connectivity index (χ1) is 5.83. The van der Waals surface area contributed by atoms with Crippen LogP contribution in [-0.2, 0) is 6.42 Å². The zero-order chi connectivity index (χ0) is 8.55. The standard InChI is InChI=1S/C9H12N2O/c1-12-9-7(10)3-2-6-4-5-11-8(6)9/h2-3,11H,4-5,10H2,1H3. The topological polar surface area (TPSA) is 47.3 Å². The van der Waals surface area contributed by atoms with Crippen LogP contribution in [0.3, 0.4) is 0 Å². The predicted molar refractivity (Wildman–Crippen MR) is 49.6 cm³/mol. The second-order valence-corrected chi connectivity index (χ2v) is 2.90. The summed E-state index contributed by atoms with van der Waals surface area (Å²) in [4.78, 5) is 0. The fraction of sp³-hybridized carbons (Fsp3) is 0.333. The van der Waals surface area contributed by atoms with Crippen molar-refractivity contribution >= 4 is 11.4 Å². The summed E-state index contributed by atoms with van der Waals surface area (Å²) in [6, 6.07) is 3.94. The first-order valence-corrected chi connectivity index (χ1v) is 4.02. The number of nitrogens with one attached hydrogen (secondary N) is 1. The Balaban J connectivity index is 2.57. The Morgan fingerprint density at radius 2 is 2.33 bits per heavy atom. The van der Waals surface area contributed by atoms with Crippen LogP contribution in [0.1, 0.15) is 5.56 Å². The number of ether oxygens (including phenoxy) is 1. The highest BCUT2D eigenvalue weighted by Crippen LogP contribution is 2.37. The number of hydrogen-bond donors (Lipinski definition) is 2. The Kier molecular flexibility index (Phi) is 1.57. The molecular weight excluding hydrogens is 152 g/mol. The highest BCUT2D eigenvalue weighted by Gasteiger charge is 2.16. The fourth-order valence-corrected chi connectivity index (χ4v) is 1.58. The van der Waals surface area contributed by atoms with E-state index in [1.165, 1.54) is 5.56 Å². The molecule has 1 heterocycles. The molecule has 0 atom stereocenters. The lowest BCUT2D eigenvalue weighted by Crippen LogP contribution is -1.97. The molecule has 12 heavy (non-hydrogen) atoms. The highest BCUT2D eigenvalue weighted by atomic mass is 16.5. The maximum absolute atomic E-state index is 5.74. The SMILES string of the molecule is COc1c(N)ccc2c1NCC2. The van der Waals surface area contributed by atoms with Crippen molar-refractivity contribution in [2.45, 2.75) is 6.42 Å². The van der Waals surface area contributed by atoms with Gasteiger partial charge in [0, 0.05) is 6.54 Å². The molecule has 1 aromatic rings. The van der Waals surface area contributed by atoms with Crippen LogP contribution in [-0.4, -0.2) is 13.7 Å². The van der Waals surface area contributed by atoms with Crippen molar-refractivity contribution in [2.24, 2.45) is 0 Å². The lowest BCUT2D eigenvalue weighted by molar-refractivity contribution is 0.419. The largest absolute Gasteiger partial charge is 0.492 e. The summed E-state index contributed by atoms with van der Waals surface area (Å²) >= 11 is 0. The number of rotatable bonds is 1. The fourth-order valence-electron chi connectivity index (χ4n) is 1.58. The Morgan fingerprint density at radius 3 is 3.08 bits per heavy atom. The molecule has 0 fully saturated rings. The molecule has 0 unspecified atom stereocenters. The summed E-state index contributed by atoms with van der Waals surface area (Å²) in [6.07, 6.45) is 1.06. The van der Waals surface area contributed by atoms with E-state index in [0.29, 0.717) is 5.69 Å². The molecule has 1 aliphatic rings. The molecular formula is C9H12N2O. The van der Waals surface area contributed by atoms with Crippen molar-refractivity contribution in [3.05, 3.63) is 17.7 Å². The minimum atomic E-state index is 0.700. The van der Waals surface area contributed by atoms with Crippen LogP contribution in [0.4, 0.5) is 11.4 Å². The zero-order valence-corrected chi connectivity index (χ0v) is 7.05. The van der Waals surface area contributed by atoms with E-state index in [0.717, 1.165) is 24.4 Å². The maximum atomic E-state index is 5.74. The number of anilines is 2. The van der Waals surface area contributed by atoms with Gasteiger partial charge in [-0.25, -0.2) is 0 Å². The minimum absolute atomic E-state index is 0.700. The van der Waals surface area contributed by atoms with E-state index in [4.69, 9.17) is 10.5 Å². The molecule has 0 saturated carbocycles. The lowest BCUT2D eigenvalue weighted by Gasteiger charge is -2.09. The molecule has 3 N–H and O–H groups in total. The Labute approximate surface area is 71.5 Å². The Hall–Kier alpha value is -1.38. The van der Waals surface area contributed by atoms with Crippen LogP contribution < -0.4 is 15.8 Å². The van der Waals surface area contributed by atoms with Crippen molar-refractivity contribution in [1.82, 2.24) is 0 Å². The third-order valence-corrected chi connectivity index (χ3v) is 2.17. The van der Waals surface area contributed by atoms with E-state index >= 15 is 0 Å². The second-order valence-electron chi connectivity index (χ2n) is 2.90. The van der Waals surface area contributed by atoms with Crippen molar-refractivity contribution in [3.63, 3.8) is 0 Å². The number of fused-ring (bicyclic) bond motifs is 1. The van der Waals surface area contributed by atoms with Crippen LogP contribution in [0.5, 0.6) is 5.75 Å². The summed E-state index contributed by atoms with van der Waals surface area (Å²) in [5.41, 5.74) is 8.80. The van der Waals surface area contributed by atoms with Gasteiger partial charge in [-0.3, -0.25) is 0 Å². The number of methoxy groups -OCH3 is 1. The summed E-state index contributed by atoms with van der Waals surface area (Å²) < 4.78 is 5.20. The van der Waals surface area contributed by atoms with Crippen LogP contribution in [0.25, 0.3) is 0 Å². The molecule has 1 aromatic carbocycles. The quantitative estimate of drug-likeness (QED) is 0.614. The van der Waals surface area contributed by atoms with E-state index < -0.39 is 0 Å². The van der Waals surface area contributed by atoms with Gasteiger partial charge in [-0.1, -0.05) is 6.07 Å². The molecule has 0 aromatic heterocycles. The van der Waals surface area contributed by atoms with Crippen molar-refractivity contribution in [2.75, 3.05) is 24.7 Å². The summed E-state index contributed by atoms with van der Waals surface area (Å²) in [6.45, 7) is 0.981. The molecule has 0 radical (unpaired) electrons. The number of hydrogen-bond acceptors (Lipinski definition) is 3. The van der Waals surface area contributed by atoms with Crippen molar-refractivity contribution < 1.29 is 4.74 Å². The van der Waals surface area contributed by atoms with Gasteiger partial charge >= 0.3 is 0 Å². The van der Waals surface area contributed by atoms with Gasteiger partial charge in [-0.05, 0) is 18.1 Å². The van der Waals surface area contributed by atoms with Gasteiger partial charge in [0.25, 0.3) is 0 Å². The molecule has 1 aliphatic heterocycles. The Morgan fingerprint density at radius 1 is 1.50 bits per heavy atom. The van der Waals surface area contributed by atoms with Crippen LogP contribution in [0.2, 0.25) is 0 Å². The van der Waals surface area contributed by atoms with Crippen LogP contribution in [0, 0.1) is 0 Å². The summed E-state index contributed by atoms with van der Waals surface area (Å²) in [7, 11) is 1.64. The minimum Gasteiger partial charge on any atom is -0.492 e. The van der Waals surface area contributed by atoms with Crippen molar-refractivity contribution in [3.8, 4) is 5.75 Å². The molecule has 2 rings (SSSR count). The van der Waals surface area contributed by atoms with Crippen LogP contribution in [0.15, 0.2) is 12.1 Å². The van der Waals surface area contributed by atoms with E-state index in [1.54, 1.807) is 7.11 Å². The third kappa shape index (κ3) is 0.897. The lowest BCUT2D eigenvalue weighted by atomic mass is 10.1. The molecule has 0 bridgehead atoms. The Bertz CT molecular complexity index is 310. The van der Waals surface area contributed by atoms with E-state index in [9.17, 15) is 0 Å². The van der Waals surface area contributed by atoms with Gasteiger partial charge in [0.2, 0.25) is 0 Å². The smallest absolute Gasteiger partial charge is 0.165 e. The van der Waals surface area contributed by atoms with Gasteiger partial charge in [0.1, 0.15) is 0 Å². The number of benzene rings is 1. The first kappa shape index (κ1) is 7.28. The van der Waals surface area contributed by atoms with Crippen molar-refractivity contribution in [1.29, 1.82) is 0 Å². The number of nitrogens with two attached hydrogens (primary N) is 1. The molecule has 0 aliphatic carbocycles. The molecule has 0 amide bonds. The van der Waals surface area contributed by atoms with E-state index in [-0.39, 0.29) is 0 Å². The summed E-state index contributed by atoms with van der Waals surface area (Å²) in [5.74, 6) is 0.782. The average Bonchev–Trinajstić information content (AvgIpc) is 2.52. The monoisotopic (exact) mass is 164 g/mol. The second kappa shape index (κ2) is 2.59. The van der Waals surface area contributed by atoms with Gasteiger partial charge in [-0.15, -0.1) is 0 Å². The highest BCUT2D eigenvalue weighted by molar-refractivity contribution is 5.74. The normalized spacial score (nSPS) is 13.8. The molecule has 3 nitrogen and oxygen atoms in total. The van der Waals surface area contributed by atoms with Gasteiger partial charge in [-0.2, -0.15) is 0 Å². The molecule has 3 heteroatoms. The number of nitrogen functional groups attached to an aromatic ring is 1. The zero-order valence-electron chi connectivity index (χ0n) is 7.05. The van der Waals surface area contributed by atoms with Crippen LogP contribution >= 0.6 is 0 Å². The first-order valence-electron chi connectivity index (χ1n) is 4.02. The maximum Gasteiger partial charge on any atom is 0.165 e. The van der Waals surface area contributed by atoms with E-state index in [2.05, 4.69) is 5.32 Å². The third-order valence-electron chi connectivity index (χ3n) is 2.17. The predicted octanol–water partition coefficient (Wildman–Crippen LogP) is 1.25. The summed E-state index contributed by atoms with van der Waals surface area (Å²) in [5, 5.41) is 3.26. The average molecular weight is 164 g/mol.